The third-order valence-corrected chi connectivity index (χ3v) is 10.1. The van der Waals surface area contributed by atoms with Crippen LogP contribution in [0.5, 0.6) is 0 Å². The van der Waals surface area contributed by atoms with E-state index in [4.69, 9.17) is 13.5 Å². The van der Waals surface area contributed by atoms with Crippen LogP contribution in [-0.4, -0.2) is 68.6 Å². The molecular weight excluding hydrogens is 528 g/mol. The third-order valence-electron chi connectivity index (χ3n) is 7.40. The van der Waals surface area contributed by atoms with Crippen LogP contribution in [0.3, 0.4) is 0 Å². The van der Waals surface area contributed by atoms with Crippen molar-refractivity contribution in [2.75, 3.05) is 6.61 Å². The van der Waals surface area contributed by atoms with Crippen LogP contribution in [0.1, 0.15) is 44.9 Å². The Morgan fingerprint density at radius 2 is 1.66 bits per heavy atom. The topological polar surface area (TPSA) is 150 Å². The Labute approximate surface area is 198 Å². The van der Waals surface area contributed by atoms with Crippen molar-refractivity contribution in [2.24, 2.45) is 23.7 Å². The molecule has 1 heterocycles. The van der Waals surface area contributed by atoms with Gasteiger partial charge in [-0.3, -0.25) is 18.3 Å². The zero-order chi connectivity index (χ0) is 26.0. The first-order chi connectivity index (χ1) is 16.1. The van der Waals surface area contributed by atoms with Gasteiger partial charge in [0.25, 0.3) is 10.1 Å². The van der Waals surface area contributed by atoms with Crippen LogP contribution in [0.25, 0.3) is 0 Å². The molecule has 4 fully saturated rings. The molecule has 1 saturated heterocycles. The van der Waals surface area contributed by atoms with Gasteiger partial charge >= 0.3 is 33.2 Å². The monoisotopic (exact) mass is 552 g/mol. The second-order valence-corrected chi connectivity index (χ2v) is 12.6. The highest BCUT2D eigenvalue weighted by molar-refractivity contribution is 7.87. The molecule has 16 heteroatoms. The lowest BCUT2D eigenvalue weighted by atomic mass is 9.84. The number of carbonyl (C=O) groups is 2. The summed E-state index contributed by atoms with van der Waals surface area (Å²) >= 11 is 0. The van der Waals surface area contributed by atoms with Gasteiger partial charge in [-0.15, -0.1) is 0 Å². The van der Waals surface area contributed by atoms with Gasteiger partial charge in [-0.1, -0.05) is 19.3 Å². The lowest BCUT2D eigenvalue weighted by Gasteiger charge is -2.32. The molecule has 0 aromatic heterocycles. The Kier molecular flexibility index (Phi) is 6.67. The minimum Gasteiger partial charge on any atom is -0.465 e. The minimum absolute atomic E-state index is 0.133. The molecule has 3 saturated carbocycles. The number of carbonyl (C=O) groups excluding carboxylic acids is 2. The molecule has 4 rings (SSSR count). The molecule has 2 bridgehead atoms. The molecule has 0 spiro atoms. The molecule has 0 aromatic rings. The van der Waals surface area contributed by atoms with E-state index in [0.717, 1.165) is 19.3 Å². The summed E-state index contributed by atoms with van der Waals surface area (Å²) < 4.78 is 124. The van der Waals surface area contributed by atoms with E-state index in [1.807, 2.05) is 0 Å². The molecule has 200 valence electrons. The van der Waals surface area contributed by atoms with E-state index in [1.54, 1.807) is 0 Å². The Balaban J connectivity index is 1.45. The van der Waals surface area contributed by atoms with Crippen molar-refractivity contribution >= 4 is 32.2 Å². The number of fused-ring (bicyclic) bond motifs is 1. The largest absolute Gasteiger partial charge is 0.465 e. The molecule has 6 unspecified atom stereocenters. The van der Waals surface area contributed by atoms with Gasteiger partial charge in [0.15, 0.2) is 0 Å². The normalized spacial score (nSPS) is 34.7. The summed E-state index contributed by atoms with van der Waals surface area (Å²) in [4.78, 5) is 25.3. The van der Waals surface area contributed by atoms with Crippen molar-refractivity contribution < 1.29 is 62.2 Å². The van der Waals surface area contributed by atoms with Crippen LogP contribution in [0.4, 0.5) is 17.6 Å². The van der Waals surface area contributed by atoms with E-state index in [9.17, 15) is 44.0 Å². The fraction of sp³-hybridized carbons (Fsp3) is 0.895. The predicted molar refractivity (Wildman–Crippen MR) is 106 cm³/mol. The molecule has 35 heavy (non-hydrogen) atoms. The average Bonchev–Trinajstić information content (AvgIpc) is 3.36. The van der Waals surface area contributed by atoms with Crippen molar-refractivity contribution in [2.45, 2.75) is 73.6 Å². The fourth-order valence-electron chi connectivity index (χ4n) is 5.73. The molecular formula is C19H24F4O10S2. The van der Waals surface area contributed by atoms with Gasteiger partial charge in [-0.2, -0.15) is 34.4 Å². The first kappa shape index (κ1) is 26.5. The smallest absolute Gasteiger partial charge is 0.431 e. The van der Waals surface area contributed by atoms with Crippen LogP contribution in [0.2, 0.25) is 0 Å². The number of halogens is 4. The summed E-state index contributed by atoms with van der Waals surface area (Å²) in [6.07, 6.45) is -0.00871. The standard InChI is InChI=1S/C19H24F4O10S2/c20-18(21,19(22,23)35(28,29)30)6-7-31-17(25)12-10-8-11-14(33-34(26,27)15(11)12)13(10)32-16(24)9-4-2-1-3-5-9/h9-15H,1-8H2,(H,28,29,30). The van der Waals surface area contributed by atoms with Crippen molar-refractivity contribution in [3.8, 4) is 0 Å². The van der Waals surface area contributed by atoms with Crippen molar-refractivity contribution in [3.05, 3.63) is 0 Å². The van der Waals surface area contributed by atoms with Crippen LogP contribution in [-0.2, 0) is 43.5 Å². The van der Waals surface area contributed by atoms with Crippen LogP contribution in [0.15, 0.2) is 0 Å². The Morgan fingerprint density at radius 3 is 2.26 bits per heavy atom. The Hall–Kier alpha value is -1.52. The maximum Gasteiger partial charge on any atom is 0.431 e. The molecule has 0 radical (unpaired) electrons. The van der Waals surface area contributed by atoms with Gasteiger partial charge in [0.2, 0.25) is 0 Å². The Morgan fingerprint density at radius 1 is 1.03 bits per heavy atom. The van der Waals surface area contributed by atoms with Gasteiger partial charge in [0.05, 0.1) is 24.9 Å². The summed E-state index contributed by atoms with van der Waals surface area (Å²) in [5.74, 6) is -10.5. The summed E-state index contributed by atoms with van der Waals surface area (Å²) in [6, 6.07) is 0. The quantitative estimate of drug-likeness (QED) is 0.205. The summed E-state index contributed by atoms with van der Waals surface area (Å²) in [5.41, 5.74) is 0. The molecule has 6 atom stereocenters. The number of ether oxygens (including phenoxy) is 2. The van der Waals surface area contributed by atoms with E-state index >= 15 is 0 Å². The highest BCUT2D eigenvalue weighted by atomic mass is 32.2. The number of alkyl halides is 4. The second-order valence-electron chi connectivity index (χ2n) is 9.46. The second kappa shape index (κ2) is 8.80. The van der Waals surface area contributed by atoms with Crippen LogP contribution < -0.4 is 0 Å². The summed E-state index contributed by atoms with van der Waals surface area (Å²) in [5, 5.41) is -7.19. The molecule has 4 aliphatic rings. The van der Waals surface area contributed by atoms with Gasteiger partial charge in [-0.05, 0) is 19.3 Å². The Bertz CT molecular complexity index is 1090. The minimum atomic E-state index is -6.45. The third kappa shape index (κ3) is 4.44. The zero-order valence-corrected chi connectivity index (χ0v) is 19.8. The van der Waals surface area contributed by atoms with E-state index in [1.165, 1.54) is 0 Å². The maximum absolute atomic E-state index is 13.7. The van der Waals surface area contributed by atoms with Gasteiger partial charge in [0.1, 0.15) is 17.5 Å². The molecule has 0 amide bonds. The summed E-state index contributed by atoms with van der Waals surface area (Å²) in [7, 11) is -10.7. The first-order valence-electron chi connectivity index (χ1n) is 11.1. The van der Waals surface area contributed by atoms with E-state index in [0.29, 0.717) is 12.8 Å². The van der Waals surface area contributed by atoms with E-state index in [-0.39, 0.29) is 12.3 Å². The number of hydrogen-bond donors (Lipinski definition) is 1. The fourth-order valence-corrected chi connectivity index (χ4v) is 8.27. The zero-order valence-electron chi connectivity index (χ0n) is 18.1. The highest BCUT2D eigenvalue weighted by Gasteiger charge is 2.72. The van der Waals surface area contributed by atoms with Gasteiger partial charge in [-0.25, -0.2) is 0 Å². The maximum atomic E-state index is 13.7. The SMILES string of the molecule is O=C(OC1C2CC3C1OS(=O)(=O)C3C2C(=O)OCCC(F)(F)C(F)(F)S(=O)(=O)O)C1CCCCC1. The summed E-state index contributed by atoms with van der Waals surface area (Å²) in [6.45, 7) is -1.38. The van der Waals surface area contributed by atoms with Crippen LogP contribution >= 0.6 is 0 Å². The molecule has 0 aromatic carbocycles. The highest BCUT2D eigenvalue weighted by Crippen LogP contribution is 2.59. The van der Waals surface area contributed by atoms with Crippen molar-refractivity contribution in [3.63, 3.8) is 0 Å². The lowest BCUT2D eigenvalue weighted by Crippen LogP contribution is -2.48. The number of hydrogen-bond acceptors (Lipinski definition) is 9. The van der Waals surface area contributed by atoms with Gasteiger partial charge in [0, 0.05) is 11.8 Å². The van der Waals surface area contributed by atoms with E-state index < -0.39 is 91.6 Å². The van der Waals surface area contributed by atoms with Gasteiger partial charge < -0.3 is 9.47 Å². The average molecular weight is 553 g/mol. The predicted octanol–water partition coefficient (Wildman–Crippen LogP) is 1.89. The molecule has 10 nitrogen and oxygen atoms in total. The van der Waals surface area contributed by atoms with Crippen molar-refractivity contribution in [1.29, 1.82) is 0 Å². The molecule has 1 N–H and O–H groups in total. The van der Waals surface area contributed by atoms with E-state index in [2.05, 4.69) is 4.74 Å². The van der Waals surface area contributed by atoms with Crippen LogP contribution in [0, 0.1) is 23.7 Å². The molecule has 3 aliphatic carbocycles. The molecule has 1 aliphatic heterocycles. The first-order valence-corrected chi connectivity index (χ1v) is 14.0. The lowest BCUT2D eigenvalue weighted by molar-refractivity contribution is -0.179. The number of rotatable bonds is 8. The van der Waals surface area contributed by atoms with Crippen molar-refractivity contribution in [1.82, 2.24) is 0 Å². The number of esters is 2.